The minimum atomic E-state index is -0.943. The first-order valence-corrected chi connectivity index (χ1v) is 6.22. The quantitative estimate of drug-likeness (QED) is 0.661. The lowest BCUT2D eigenvalue weighted by molar-refractivity contribution is -0.149. The molecule has 0 aliphatic rings. The second-order valence-electron chi connectivity index (χ2n) is 4.52. The molecule has 0 spiro atoms. The van der Waals surface area contributed by atoms with Crippen molar-refractivity contribution >= 4 is 16.8 Å². The van der Waals surface area contributed by atoms with Crippen LogP contribution in [0.3, 0.4) is 0 Å². The number of esters is 1. The molecule has 0 radical (unpaired) electrons. The predicted molar refractivity (Wildman–Crippen MR) is 58.5 cm³/mol. The molecular formula is C10H20O3S. The van der Waals surface area contributed by atoms with Crippen molar-refractivity contribution in [2.45, 2.75) is 27.7 Å². The maximum atomic E-state index is 11.6. The van der Waals surface area contributed by atoms with Crippen molar-refractivity contribution in [2.24, 2.45) is 11.3 Å². The number of carbonyl (C=O) groups excluding carboxylic acids is 1. The molecule has 0 fully saturated rings. The van der Waals surface area contributed by atoms with Crippen LogP contribution in [0.15, 0.2) is 0 Å². The third kappa shape index (κ3) is 4.74. The Morgan fingerprint density at radius 1 is 1.43 bits per heavy atom. The summed E-state index contributed by atoms with van der Waals surface area (Å²) in [5, 5.41) is 0. The fourth-order valence-electron chi connectivity index (χ4n) is 1.17. The first-order chi connectivity index (χ1) is 6.29. The Morgan fingerprint density at radius 2 is 1.93 bits per heavy atom. The second-order valence-corrected chi connectivity index (χ2v) is 6.02. The molecule has 0 saturated heterocycles. The van der Waals surface area contributed by atoms with Crippen LogP contribution in [-0.2, 0) is 20.3 Å². The maximum absolute atomic E-state index is 11.6. The molecule has 0 amide bonds. The molecule has 84 valence electrons. The van der Waals surface area contributed by atoms with E-state index in [1.54, 1.807) is 13.8 Å². The average Bonchev–Trinajstić information content (AvgIpc) is 1.99. The molecule has 0 aromatic rings. The average molecular weight is 220 g/mol. The standard InChI is InChI=1S/C10H20O3S/c1-8(2)6-14(12)7-10(3,4)9(11)13-5/h8H,6-7H2,1-5H3. The first-order valence-electron chi connectivity index (χ1n) is 4.73. The van der Waals surface area contributed by atoms with Gasteiger partial charge in [-0.1, -0.05) is 13.8 Å². The largest absolute Gasteiger partial charge is 0.469 e. The van der Waals surface area contributed by atoms with E-state index in [-0.39, 0.29) is 5.97 Å². The van der Waals surface area contributed by atoms with Crippen molar-refractivity contribution in [1.29, 1.82) is 0 Å². The van der Waals surface area contributed by atoms with Gasteiger partial charge in [0, 0.05) is 22.3 Å². The topological polar surface area (TPSA) is 43.4 Å². The Balaban J connectivity index is 4.22. The van der Waals surface area contributed by atoms with E-state index in [9.17, 15) is 9.00 Å². The van der Waals surface area contributed by atoms with Crippen LogP contribution in [0.2, 0.25) is 0 Å². The molecule has 0 aliphatic heterocycles. The summed E-state index contributed by atoms with van der Waals surface area (Å²) in [7, 11) is 0.414. The lowest BCUT2D eigenvalue weighted by Gasteiger charge is -2.21. The Labute approximate surface area is 88.7 Å². The fourth-order valence-corrected chi connectivity index (χ4v) is 2.95. The van der Waals surface area contributed by atoms with Gasteiger partial charge in [-0.25, -0.2) is 0 Å². The number of carbonyl (C=O) groups is 1. The molecule has 14 heavy (non-hydrogen) atoms. The molecule has 0 heterocycles. The van der Waals surface area contributed by atoms with Crippen molar-refractivity contribution < 1.29 is 13.7 Å². The van der Waals surface area contributed by atoms with Crippen molar-refractivity contribution in [1.82, 2.24) is 0 Å². The van der Waals surface area contributed by atoms with Gasteiger partial charge in [0.2, 0.25) is 0 Å². The van der Waals surface area contributed by atoms with Crippen LogP contribution >= 0.6 is 0 Å². The van der Waals surface area contributed by atoms with E-state index >= 15 is 0 Å². The first kappa shape index (κ1) is 13.6. The van der Waals surface area contributed by atoms with Gasteiger partial charge < -0.3 is 4.74 Å². The third-order valence-corrected chi connectivity index (χ3v) is 3.86. The SMILES string of the molecule is COC(=O)C(C)(C)CS(=O)CC(C)C. The van der Waals surface area contributed by atoms with Crippen LogP contribution < -0.4 is 0 Å². The van der Waals surface area contributed by atoms with E-state index in [4.69, 9.17) is 0 Å². The smallest absolute Gasteiger partial charge is 0.312 e. The van der Waals surface area contributed by atoms with Crippen LogP contribution in [0, 0.1) is 11.3 Å². The summed E-state index contributed by atoms with van der Waals surface area (Å²) in [5.74, 6) is 1.11. The molecule has 0 aromatic carbocycles. The van der Waals surface area contributed by atoms with Crippen LogP contribution in [0.1, 0.15) is 27.7 Å². The lowest BCUT2D eigenvalue weighted by atomic mass is 9.97. The molecule has 0 aromatic heterocycles. The second kappa shape index (κ2) is 5.49. The minimum Gasteiger partial charge on any atom is -0.469 e. The molecule has 3 nitrogen and oxygen atoms in total. The van der Waals surface area contributed by atoms with Crippen LogP contribution in [0.25, 0.3) is 0 Å². The number of hydrogen-bond acceptors (Lipinski definition) is 3. The monoisotopic (exact) mass is 220 g/mol. The highest BCUT2D eigenvalue weighted by Gasteiger charge is 2.30. The van der Waals surface area contributed by atoms with E-state index in [1.165, 1.54) is 7.11 Å². The highest BCUT2D eigenvalue weighted by molar-refractivity contribution is 7.85. The van der Waals surface area contributed by atoms with Crippen LogP contribution in [-0.4, -0.2) is 28.8 Å². The molecular weight excluding hydrogens is 200 g/mol. The van der Waals surface area contributed by atoms with Gasteiger partial charge in [-0.3, -0.25) is 9.00 Å². The summed E-state index contributed by atoms with van der Waals surface area (Å²) >= 11 is 0. The van der Waals surface area contributed by atoms with Gasteiger partial charge in [-0.05, 0) is 19.8 Å². The van der Waals surface area contributed by atoms with Gasteiger partial charge in [0.25, 0.3) is 0 Å². The van der Waals surface area contributed by atoms with E-state index < -0.39 is 16.2 Å². The molecule has 1 atom stereocenters. The lowest BCUT2D eigenvalue weighted by Crippen LogP contribution is -2.32. The summed E-state index contributed by atoms with van der Waals surface area (Å²) in [6.45, 7) is 7.56. The number of hydrogen-bond donors (Lipinski definition) is 0. The van der Waals surface area contributed by atoms with Gasteiger partial charge >= 0.3 is 5.97 Å². The zero-order valence-corrected chi connectivity index (χ0v) is 10.4. The Hall–Kier alpha value is -0.380. The molecule has 0 N–H and O–H groups in total. The zero-order valence-electron chi connectivity index (χ0n) is 9.62. The Kier molecular flexibility index (Phi) is 5.34. The normalized spacial score (nSPS) is 14.1. The van der Waals surface area contributed by atoms with Crippen LogP contribution in [0.4, 0.5) is 0 Å². The molecule has 0 bridgehead atoms. The minimum absolute atomic E-state index is 0.297. The molecule has 1 unspecified atom stereocenters. The van der Waals surface area contributed by atoms with E-state index in [0.717, 1.165) is 0 Å². The molecule has 0 aliphatic carbocycles. The predicted octanol–water partition coefficient (Wildman–Crippen LogP) is 1.59. The van der Waals surface area contributed by atoms with Crippen molar-refractivity contribution in [3.63, 3.8) is 0 Å². The number of methoxy groups -OCH3 is 1. The van der Waals surface area contributed by atoms with E-state index in [0.29, 0.717) is 17.4 Å². The Morgan fingerprint density at radius 3 is 2.29 bits per heavy atom. The highest BCUT2D eigenvalue weighted by atomic mass is 32.2. The summed E-state index contributed by atoms with van der Waals surface area (Å²) in [6.07, 6.45) is 0. The van der Waals surface area contributed by atoms with Gasteiger partial charge in [-0.2, -0.15) is 0 Å². The van der Waals surface area contributed by atoms with Gasteiger partial charge in [0.1, 0.15) is 0 Å². The molecule has 4 heteroatoms. The number of rotatable bonds is 5. The summed E-state index contributed by atoms with van der Waals surface area (Å²) in [4.78, 5) is 11.3. The highest BCUT2D eigenvalue weighted by Crippen LogP contribution is 2.19. The van der Waals surface area contributed by atoms with Crippen molar-refractivity contribution in [3.05, 3.63) is 0 Å². The maximum Gasteiger partial charge on any atom is 0.312 e. The number of ether oxygens (including phenoxy) is 1. The molecule has 0 rings (SSSR count). The van der Waals surface area contributed by atoms with Gasteiger partial charge in [0.15, 0.2) is 0 Å². The fraction of sp³-hybridized carbons (Fsp3) is 0.900. The van der Waals surface area contributed by atoms with Crippen molar-refractivity contribution in [2.75, 3.05) is 18.6 Å². The van der Waals surface area contributed by atoms with Crippen molar-refractivity contribution in [3.8, 4) is 0 Å². The van der Waals surface area contributed by atoms with Crippen LogP contribution in [0.5, 0.6) is 0 Å². The molecule has 0 saturated carbocycles. The van der Waals surface area contributed by atoms with Gasteiger partial charge in [-0.15, -0.1) is 0 Å². The summed E-state index contributed by atoms with van der Waals surface area (Å²) in [6, 6.07) is 0. The van der Waals surface area contributed by atoms with E-state index in [2.05, 4.69) is 4.74 Å². The zero-order chi connectivity index (χ0) is 11.4. The third-order valence-electron chi connectivity index (χ3n) is 1.78. The summed E-state index contributed by atoms with van der Waals surface area (Å²) in [5.41, 5.74) is -0.644. The summed E-state index contributed by atoms with van der Waals surface area (Å²) < 4.78 is 16.2. The Bertz CT molecular complexity index is 221. The van der Waals surface area contributed by atoms with E-state index in [1.807, 2.05) is 13.8 Å². The van der Waals surface area contributed by atoms with Gasteiger partial charge in [0.05, 0.1) is 12.5 Å².